The number of hydrogen-bond donors (Lipinski definition) is 1. The molecule has 0 aliphatic carbocycles. The molecule has 6 heteroatoms. The van der Waals surface area contributed by atoms with Crippen molar-refractivity contribution < 1.29 is 18.3 Å². The topological polar surface area (TPSA) is 74.7 Å². The van der Waals surface area contributed by atoms with Gasteiger partial charge in [-0.3, -0.25) is 4.79 Å². The molecule has 0 aromatic heterocycles. The third kappa shape index (κ3) is 2.86. The van der Waals surface area contributed by atoms with Crippen LogP contribution < -0.4 is 0 Å². The Hall–Kier alpha value is -1.40. The normalized spacial score (nSPS) is 20.8. The number of carboxylic acids is 1. The van der Waals surface area contributed by atoms with Gasteiger partial charge in [0.1, 0.15) is 6.04 Å². The second-order valence-corrected chi connectivity index (χ2v) is 6.85. The number of carbonyl (C=O) groups is 1. The zero-order valence-electron chi connectivity index (χ0n) is 11.4. The second kappa shape index (κ2) is 5.93. The predicted octanol–water partition coefficient (Wildman–Crippen LogP) is 1.88. The molecule has 0 amide bonds. The molecule has 0 saturated carbocycles. The average Bonchev–Trinajstić information content (AvgIpc) is 2.47. The number of carboxylic acid groups (broad SMARTS) is 1. The minimum Gasteiger partial charge on any atom is -0.480 e. The van der Waals surface area contributed by atoms with Crippen LogP contribution >= 0.6 is 0 Å². The molecule has 0 radical (unpaired) electrons. The highest BCUT2D eigenvalue weighted by molar-refractivity contribution is 7.89. The van der Waals surface area contributed by atoms with Gasteiger partial charge in [0.25, 0.3) is 0 Å². The summed E-state index contributed by atoms with van der Waals surface area (Å²) in [4.78, 5) is 11.4. The SMILES string of the molecule is CCc1ccc(S(=O)(=O)N2CCCC[C@H]2C(=O)O)cc1. The number of piperidine rings is 1. The summed E-state index contributed by atoms with van der Waals surface area (Å²) in [6.45, 7) is 2.27. The summed E-state index contributed by atoms with van der Waals surface area (Å²) < 4.78 is 26.3. The molecule has 20 heavy (non-hydrogen) atoms. The summed E-state index contributed by atoms with van der Waals surface area (Å²) in [7, 11) is -3.73. The van der Waals surface area contributed by atoms with E-state index in [9.17, 15) is 18.3 Å². The van der Waals surface area contributed by atoms with Gasteiger partial charge in [-0.25, -0.2) is 8.42 Å². The van der Waals surface area contributed by atoms with Crippen molar-refractivity contribution in [1.82, 2.24) is 4.31 Å². The number of nitrogens with zero attached hydrogens (tertiary/aromatic N) is 1. The third-order valence-corrected chi connectivity index (χ3v) is 5.60. The number of rotatable bonds is 4. The van der Waals surface area contributed by atoms with Crippen LogP contribution in [0.3, 0.4) is 0 Å². The van der Waals surface area contributed by atoms with Gasteiger partial charge >= 0.3 is 5.97 Å². The van der Waals surface area contributed by atoms with Crippen LogP contribution in [0.2, 0.25) is 0 Å². The molecule has 1 aromatic rings. The molecule has 1 aromatic carbocycles. The van der Waals surface area contributed by atoms with Crippen LogP contribution in [0.4, 0.5) is 0 Å². The average molecular weight is 297 g/mol. The van der Waals surface area contributed by atoms with E-state index in [2.05, 4.69) is 0 Å². The zero-order valence-corrected chi connectivity index (χ0v) is 12.3. The molecule has 1 N–H and O–H groups in total. The van der Waals surface area contributed by atoms with Crippen LogP contribution in [0.1, 0.15) is 31.7 Å². The van der Waals surface area contributed by atoms with E-state index in [0.717, 1.165) is 22.7 Å². The quantitative estimate of drug-likeness (QED) is 0.920. The van der Waals surface area contributed by atoms with Crippen molar-refractivity contribution >= 4 is 16.0 Å². The molecule has 5 nitrogen and oxygen atoms in total. The van der Waals surface area contributed by atoms with Crippen molar-refractivity contribution in [2.45, 2.75) is 43.5 Å². The molecule has 110 valence electrons. The fraction of sp³-hybridized carbons (Fsp3) is 0.500. The van der Waals surface area contributed by atoms with Crippen molar-refractivity contribution in [3.8, 4) is 0 Å². The lowest BCUT2D eigenvalue weighted by Crippen LogP contribution is -2.47. The first kappa shape index (κ1) is 15.0. The summed E-state index contributed by atoms with van der Waals surface area (Å²) in [5.41, 5.74) is 1.05. The van der Waals surface area contributed by atoms with Gasteiger partial charge in [0.15, 0.2) is 0 Å². The maximum atomic E-state index is 12.6. The fourth-order valence-electron chi connectivity index (χ4n) is 2.47. The maximum absolute atomic E-state index is 12.6. The second-order valence-electron chi connectivity index (χ2n) is 4.96. The number of benzene rings is 1. The Morgan fingerprint density at radius 2 is 1.95 bits per heavy atom. The number of hydrogen-bond acceptors (Lipinski definition) is 3. The van der Waals surface area contributed by atoms with Crippen LogP contribution in [-0.2, 0) is 21.2 Å². The van der Waals surface area contributed by atoms with E-state index in [-0.39, 0.29) is 11.4 Å². The van der Waals surface area contributed by atoms with Crippen LogP contribution in [0.15, 0.2) is 29.2 Å². The lowest BCUT2D eigenvalue weighted by Gasteiger charge is -2.31. The van der Waals surface area contributed by atoms with E-state index in [0.29, 0.717) is 12.8 Å². The van der Waals surface area contributed by atoms with Gasteiger partial charge in [-0.15, -0.1) is 0 Å². The number of sulfonamides is 1. The van der Waals surface area contributed by atoms with E-state index < -0.39 is 22.0 Å². The Kier molecular flexibility index (Phi) is 4.45. The Balaban J connectivity index is 2.34. The first-order chi connectivity index (χ1) is 9.46. The van der Waals surface area contributed by atoms with Crippen LogP contribution in [0, 0.1) is 0 Å². The van der Waals surface area contributed by atoms with E-state index in [1.165, 1.54) is 0 Å². The predicted molar refractivity (Wildman–Crippen MR) is 75.0 cm³/mol. The Labute approximate surface area is 119 Å². The van der Waals surface area contributed by atoms with Crippen molar-refractivity contribution in [3.05, 3.63) is 29.8 Å². The molecular formula is C14H19NO4S. The fourth-order valence-corrected chi connectivity index (χ4v) is 4.12. The Bertz CT molecular complexity index is 580. The molecule has 2 rings (SSSR count). The van der Waals surface area contributed by atoms with Crippen molar-refractivity contribution in [1.29, 1.82) is 0 Å². The monoisotopic (exact) mass is 297 g/mol. The first-order valence-electron chi connectivity index (χ1n) is 6.80. The molecule has 1 aliphatic heterocycles. The van der Waals surface area contributed by atoms with Gasteiger partial charge in [-0.05, 0) is 43.4 Å². The van der Waals surface area contributed by atoms with Crippen molar-refractivity contribution in [2.75, 3.05) is 6.54 Å². The number of aryl methyl sites for hydroxylation is 1. The molecule has 0 unspecified atom stereocenters. The highest BCUT2D eigenvalue weighted by Crippen LogP contribution is 2.25. The minimum atomic E-state index is -3.73. The summed E-state index contributed by atoms with van der Waals surface area (Å²) in [5, 5.41) is 9.19. The summed E-state index contributed by atoms with van der Waals surface area (Å²) in [5.74, 6) is -1.07. The van der Waals surface area contributed by atoms with Gasteiger partial charge in [-0.2, -0.15) is 4.31 Å². The summed E-state index contributed by atoms with van der Waals surface area (Å²) >= 11 is 0. The lowest BCUT2D eigenvalue weighted by molar-refractivity contribution is -0.142. The van der Waals surface area contributed by atoms with Crippen LogP contribution in [0.5, 0.6) is 0 Å². The summed E-state index contributed by atoms with van der Waals surface area (Å²) in [6, 6.07) is 5.71. The molecule has 1 fully saturated rings. The van der Waals surface area contributed by atoms with E-state index in [1.807, 2.05) is 6.92 Å². The van der Waals surface area contributed by atoms with Gasteiger partial charge < -0.3 is 5.11 Å². The summed E-state index contributed by atoms with van der Waals surface area (Å²) in [6.07, 6.45) is 2.66. The highest BCUT2D eigenvalue weighted by Gasteiger charge is 2.37. The smallest absolute Gasteiger partial charge is 0.322 e. The first-order valence-corrected chi connectivity index (χ1v) is 8.24. The third-order valence-electron chi connectivity index (χ3n) is 3.68. The molecule has 0 bridgehead atoms. The Morgan fingerprint density at radius 1 is 1.30 bits per heavy atom. The van der Waals surface area contributed by atoms with E-state index in [1.54, 1.807) is 24.3 Å². The lowest BCUT2D eigenvalue weighted by atomic mass is 10.1. The minimum absolute atomic E-state index is 0.169. The van der Waals surface area contributed by atoms with Crippen LogP contribution in [0.25, 0.3) is 0 Å². The van der Waals surface area contributed by atoms with Crippen molar-refractivity contribution in [2.24, 2.45) is 0 Å². The molecule has 1 atom stereocenters. The molecule has 1 aliphatic rings. The maximum Gasteiger partial charge on any atom is 0.322 e. The standard InChI is InChI=1S/C14H19NO4S/c1-2-11-6-8-12(9-7-11)20(18,19)15-10-4-3-5-13(15)14(16)17/h6-9,13H,2-5,10H2,1H3,(H,16,17)/t13-/m0/s1. The largest absolute Gasteiger partial charge is 0.480 e. The van der Waals surface area contributed by atoms with E-state index in [4.69, 9.17) is 0 Å². The van der Waals surface area contributed by atoms with Crippen molar-refractivity contribution in [3.63, 3.8) is 0 Å². The van der Waals surface area contributed by atoms with Gasteiger partial charge in [0.05, 0.1) is 4.90 Å². The molecule has 1 heterocycles. The zero-order chi connectivity index (χ0) is 14.8. The highest BCUT2D eigenvalue weighted by atomic mass is 32.2. The molecular weight excluding hydrogens is 278 g/mol. The van der Waals surface area contributed by atoms with E-state index >= 15 is 0 Å². The Morgan fingerprint density at radius 3 is 2.50 bits per heavy atom. The molecule has 0 spiro atoms. The number of aliphatic carboxylic acids is 1. The van der Waals surface area contributed by atoms with Gasteiger partial charge in [0.2, 0.25) is 10.0 Å². The van der Waals surface area contributed by atoms with Gasteiger partial charge in [-0.1, -0.05) is 19.1 Å². The molecule has 1 saturated heterocycles. The van der Waals surface area contributed by atoms with Crippen LogP contribution in [-0.4, -0.2) is 36.4 Å². The van der Waals surface area contributed by atoms with Gasteiger partial charge in [0, 0.05) is 6.54 Å².